The fraction of sp³-hybridized carbons (Fsp3) is 0.544. The fourth-order valence-corrected chi connectivity index (χ4v) is 12.8. The van der Waals surface area contributed by atoms with E-state index in [1.165, 1.54) is 19.4 Å². The number of para-hydroxylation sites is 1. The van der Waals surface area contributed by atoms with E-state index < -0.39 is 193 Å². The molecule has 3 aliphatic rings. The van der Waals surface area contributed by atoms with Crippen molar-refractivity contribution in [1.29, 1.82) is 0 Å². The number of aliphatic carboxylic acids is 1. The molecule has 3 saturated heterocycles. The molecule has 2 bridgehead atoms. The van der Waals surface area contributed by atoms with Crippen molar-refractivity contribution in [1.82, 2.24) is 78.3 Å². The minimum Gasteiger partial charge on any atom is -0.481 e. The second kappa shape index (κ2) is 36.8. The molecule has 95 heavy (non-hydrogen) atoms. The SMILES string of the molecule is C[C@@H]1NC(=O)[C@@H]2CCCN2C(=O)[C@H](Cc2cnc[nH]2)NC(=O)[C@H](CC(N)=O)NC(=O)[C@H](CCC(=O)O)NC(=O)[C@@H]2CSSC[C@H](NC1=O)C(=O)N[C@@H](CCCCN)C(=O)N[C@@H](CO)C(=O)N[C@@H](Cc1c[nH]c3ccccc13)C(=O)N[C@@H](CCCN=C(N)N)C(=O)NCC(=O)N2. The largest absolute Gasteiger partial charge is 0.481 e. The first-order valence-electron chi connectivity index (χ1n) is 30.6. The van der Waals surface area contributed by atoms with Crippen molar-refractivity contribution in [2.24, 2.45) is 27.9 Å². The van der Waals surface area contributed by atoms with E-state index in [-0.39, 0.29) is 77.0 Å². The Bertz CT molecular complexity index is 3300. The van der Waals surface area contributed by atoms with Crippen LogP contribution < -0.4 is 81.4 Å². The van der Waals surface area contributed by atoms with Crippen LogP contribution in [0.15, 0.2) is 48.0 Å². The lowest BCUT2D eigenvalue weighted by Crippen LogP contribution is -2.61. The number of nitrogens with one attached hydrogen (secondary N) is 13. The summed E-state index contributed by atoms with van der Waals surface area (Å²) in [5.41, 5.74) is 23.9. The van der Waals surface area contributed by atoms with E-state index >= 15 is 0 Å². The van der Waals surface area contributed by atoms with Crippen LogP contribution in [0, 0.1) is 0 Å². The number of guanidine groups is 1. The highest BCUT2D eigenvalue weighted by molar-refractivity contribution is 8.76. The lowest BCUT2D eigenvalue weighted by Gasteiger charge is -2.30. The topological polar surface area (TPSA) is 576 Å². The molecule has 36 nitrogen and oxygen atoms in total. The van der Waals surface area contributed by atoms with Crippen molar-refractivity contribution in [2.75, 3.05) is 44.3 Å². The molecule has 0 radical (unpaired) electrons. The average molecular weight is 1370 g/mol. The quantitative estimate of drug-likeness (QED) is 0.0244. The first-order valence-corrected chi connectivity index (χ1v) is 33.1. The van der Waals surface area contributed by atoms with Crippen molar-refractivity contribution in [3.8, 4) is 0 Å². The van der Waals surface area contributed by atoms with E-state index in [9.17, 15) is 77.3 Å². The zero-order chi connectivity index (χ0) is 69.3. The molecule has 6 rings (SSSR count). The number of carbonyl (C=O) groups is 14. The smallest absolute Gasteiger partial charge is 0.303 e. The summed E-state index contributed by atoms with van der Waals surface area (Å²) < 4.78 is 0. The third-order valence-corrected chi connectivity index (χ3v) is 17.9. The number of rotatable bonds is 18. The van der Waals surface area contributed by atoms with Gasteiger partial charge in [-0.3, -0.25) is 72.1 Å². The van der Waals surface area contributed by atoms with Crippen LogP contribution in [0.3, 0.4) is 0 Å². The average Bonchev–Trinajstić information content (AvgIpc) is 1.73. The summed E-state index contributed by atoms with van der Waals surface area (Å²) in [7, 11) is 1.64. The van der Waals surface area contributed by atoms with Gasteiger partial charge in [-0.05, 0) is 76.5 Å². The summed E-state index contributed by atoms with van der Waals surface area (Å²) in [5, 5.41) is 48.6. The first kappa shape index (κ1) is 74.5. The van der Waals surface area contributed by atoms with Gasteiger partial charge in [-0.1, -0.05) is 39.8 Å². The van der Waals surface area contributed by atoms with Gasteiger partial charge in [0.25, 0.3) is 0 Å². The number of benzene rings is 1. The molecule has 3 aliphatic heterocycles. The summed E-state index contributed by atoms with van der Waals surface area (Å²) in [6.45, 7) is -0.577. The van der Waals surface area contributed by atoms with E-state index in [0.717, 1.165) is 26.5 Å². The fourth-order valence-electron chi connectivity index (χ4n) is 10.4. The van der Waals surface area contributed by atoms with E-state index in [4.69, 9.17) is 22.9 Å². The lowest BCUT2D eigenvalue weighted by atomic mass is 10.0. The molecule has 518 valence electrons. The third-order valence-electron chi connectivity index (χ3n) is 15.5. The van der Waals surface area contributed by atoms with Gasteiger partial charge in [-0.2, -0.15) is 0 Å². The summed E-state index contributed by atoms with van der Waals surface area (Å²) in [4.78, 5) is 212. The molecule has 11 atom stereocenters. The number of amides is 13. The summed E-state index contributed by atoms with van der Waals surface area (Å²) >= 11 is 0. The molecule has 3 fully saturated rings. The van der Waals surface area contributed by atoms with Crippen molar-refractivity contribution in [2.45, 2.75) is 150 Å². The molecule has 23 N–H and O–H groups in total. The molecule has 5 heterocycles. The Morgan fingerprint density at radius 2 is 1.23 bits per heavy atom. The number of hydrogen-bond acceptors (Lipinski definition) is 20. The molecule has 13 amide bonds. The van der Waals surface area contributed by atoms with Crippen LogP contribution in [0.25, 0.3) is 10.9 Å². The predicted molar refractivity (Wildman–Crippen MR) is 343 cm³/mol. The number of aliphatic hydroxyl groups excluding tert-OH is 1. The Morgan fingerprint density at radius 3 is 1.88 bits per heavy atom. The number of nitrogens with two attached hydrogens (primary N) is 4. The molecule has 0 spiro atoms. The Hall–Kier alpha value is -9.56. The molecule has 2 aromatic heterocycles. The van der Waals surface area contributed by atoms with Gasteiger partial charge in [0.05, 0.1) is 25.9 Å². The Labute approximate surface area is 551 Å². The van der Waals surface area contributed by atoms with Crippen LogP contribution in [0.2, 0.25) is 0 Å². The molecule has 0 unspecified atom stereocenters. The Balaban J connectivity index is 1.44. The molecular formula is C57H82N20O16S2. The number of hydrogen-bond donors (Lipinski definition) is 19. The maximum absolute atomic E-state index is 14.7. The summed E-state index contributed by atoms with van der Waals surface area (Å²) in [6.07, 6.45) is 1.96. The van der Waals surface area contributed by atoms with Gasteiger partial charge >= 0.3 is 5.97 Å². The van der Waals surface area contributed by atoms with E-state index in [1.807, 2.05) is 0 Å². The molecule has 1 aromatic carbocycles. The summed E-state index contributed by atoms with van der Waals surface area (Å²) in [6, 6.07) is -10.7. The van der Waals surface area contributed by atoms with Gasteiger partial charge in [-0.15, -0.1) is 0 Å². The number of carbonyl (C=O) groups excluding carboxylic acids is 13. The minimum atomic E-state index is -1.89. The molecule has 0 saturated carbocycles. The lowest BCUT2D eigenvalue weighted by molar-refractivity contribution is -0.142. The number of H-pyrrole nitrogens is 2. The molecule has 0 aliphatic carbocycles. The van der Waals surface area contributed by atoms with Gasteiger partial charge in [0.15, 0.2) is 5.96 Å². The molecular weight excluding hydrogens is 1280 g/mol. The number of aromatic amines is 2. The van der Waals surface area contributed by atoms with Crippen LogP contribution in [0.5, 0.6) is 0 Å². The number of carboxylic acid groups (broad SMARTS) is 1. The number of fused-ring (bicyclic) bond motifs is 7. The number of imidazole rings is 1. The molecule has 3 aromatic rings. The van der Waals surface area contributed by atoms with Crippen LogP contribution in [-0.4, -0.2) is 230 Å². The van der Waals surface area contributed by atoms with Gasteiger partial charge in [0, 0.05) is 72.8 Å². The minimum absolute atomic E-state index is 0.0249. The normalized spacial score (nSPS) is 25.7. The van der Waals surface area contributed by atoms with Crippen LogP contribution in [-0.2, 0) is 80.0 Å². The van der Waals surface area contributed by atoms with E-state index in [0.29, 0.717) is 28.6 Å². The highest BCUT2D eigenvalue weighted by Gasteiger charge is 2.41. The number of aliphatic hydroxyl groups is 1. The number of carboxylic acids is 1. The van der Waals surface area contributed by atoms with Crippen molar-refractivity contribution >= 4 is 121 Å². The zero-order valence-electron chi connectivity index (χ0n) is 51.9. The van der Waals surface area contributed by atoms with Crippen LogP contribution >= 0.6 is 21.6 Å². The molecule has 38 heteroatoms. The van der Waals surface area contributed by atoms with Crippen molar-refractivity contribution in [3.05, 3.63) is 54.2 Å². The second-order valence-electron chi connectivity index (χ2n) is 22.7. The third kappa shape index (κ3) is 22.9. The standard InChI is InChI=1S/C57H82N20O16S2/c1-28-46(83)76-41-26-95-94-25-40(53(90)71-35(13-14-45(81)82)49(86)73-37(20-43(59)79)51(88)74-38(19-30-22-62-27-66-30)56(93)77-17-7-12-42(77)55(92)67-28)68-44(80)23-65-47(84)33(11-6-16-63-57(60)61)69-50(87)36(18-29-21-64-32-9-3-2-8-31(29)32)72-52(89)39(24-78)75-48(85)34(70-54(41)91)10-4-5-15-58/h2-3,8-9,21-22,27-28,33-42,64,78H,4-7,10-20,23-26,58H2,1H3,(H2,59,79)(H,62,66)(H,65,84)(H,67,92)(H,68,80)(H,69,87)(H,70,91)(H,71,90)(H,72,89)(H,73,86)(H,74,88)(H,75,85)(H,76,83)(H,81,82)(H4,60,61,63)/t28-,33-,34-,35-,36-,37-,38-,39-,40-,41-,42-/m0/s1. The predicted octanol–water partition coefficient (Wildman–Crippen LogP) is -7.03. The van der Waals surface area contributed by atoms with Gasteiger partial charge in [0.1, 0.15) is 66.5 Å². The highest BCUT2D eigenvalue weighted by atomic mass is 33.1. The maximum Gasteiger partial charge on any atom is 0.303 e. The first-order chi connectivity index (χ1) is 45.3. The Morgan fingerprint density at radius 1 is 0.642 bits per heavy atom. The highest BCUT2D eigenvalue weighted by Crippen LogP contribution is 2.25. The van der Waals surface area contributed by atoms with E-state index in [1.54, 1.807) is 30.5 Å². The maximum atomic E-state index is 14.7. The van der Waals surface area contributed by atoms with Crippen LogP contribution in [0.1, 0.15) is 82.4 Å². The van der Waals surface area contributed by atoms with Gasteiger partial charge in [-0.25, -0.2) is 4.98 Å². The monoisotopic (exact) mass is 1370 g/mol. The number of primary amides is 1. The summed E-state index contributed by atoms with van der Waals surface area (Å²) in [5.74, 6) is -16.0. The number of unbranched alkanes of at least 4 members (excludes halogenated alkanes) is 1. The van der Waals surface area contributed by atoms with E-state index in [2.05, 4.69) is 78.4 Å². The second-order valence-corrected chi connectivity index (χ2v) is 25.2. The van der Waals surface area contributed by atoms with Gasteiger partial charge < -0.3 is 107 Å². The Kier molecular flexibility index (Phi) is 28.8. The van der Waals surface area contributed by atoms with Crippen molar-refractivity contribution < 1.29 is 77.3 Å². The zero-order valence-corrected chi connectivity index (χ0v) is 53.5. The van der Waals surface area contributed by atoms with Crippen molar-refractivity contribution in [3.63, 3.8) is 0 Å². The number of aliphatic imine (C=N–C) groups is 1. The number of aromatic nitrogens is 3. The number of nitrogens with zero attached hydrogens (tertiary/aromatic N) is 3. The van der Waals surface area contributed by atoms with Gasteiger partial charge in [0.2, 0.25) is 76.8 Å². The van der Waals surface area contributed by atoms with Crippen LogP contribution in [0.4, 0.5) is 0 Å².